The van der Waals surface area contributed by atoms with E-state index in [1.807, 2.05) is 32.4 Å². The Morgan fingerprint density at radius 2 is 2.11 bits per heavy atom. The van der Waals surface area contributed by atoms with E-state index in [0.29, 0.717) is 5.52 Å². The van der Waals surface area contributed by atoms with Crippen molar-refractivity contribution in [1.82, 2.24) is 14.3 Å². The number of nitrogens with one attached hydrogen (secondary N) is 1. The van der Waals surface area contributed by atoms with Gasteiger partial charge in [0.15, 0.2) is 0 Å². The number of imidazole rings is 1. The monoisotopic (exact) mass is 281 g/mol. The van der Waals surface area contributed by atoms with Gasteiger partial charge in [-0.1, -0.05) is 6.92 Å². The number of aromatic nitrogens is 2. The van der Waals surface area contributed by atoms with Crippen molar-refractivity contribution in [2.45, 2.75) is 38.1 Å². The molecule has 6 heteroatoms. The molecule has 19 heavy (non-hydrogen) atoms. The van der Waals surface area contributed by atoms with E-state index < -0.39 is 10.0 Å². The molecule has 1 unspecified atom stereocenters. The van der Waals surface area contributed by atoms with Crippen molar-refractivity contribution in [3.63, 3.8) is 0 Å². The third kappa shape index (κ3) is 2.64. The summed E-state index contributed by atoms with van der Waals surface area (Å²) in [6.45, 7) is 5.69. The molecule has 0 aliphatic carbocycles. The predicted octanol–water partition coefficient (Wildman–Crippen LogP) is 1.96. The van der Waals surface area contributed by atoms with Crippen molar-refractivity contribution < 1.29 is 8.42 Å². The van der Waals surface area contributed by atoms with Gasteiger partial charge in [0.05, 0.1) is 15.9 Å². The van der Waals surface area contributed by atoms with Crippen LogP contribution in [0, 0.1) is 6.92 Å². The molecule has 0 spiro atoms. The maximum atomic E-state index is 12.2. The lowest BCUT2D eigenvalue weighted by Gasteiger charge is -2.12. The summed E-state index contributed by atoms with van der Waals surface area (Å²) in [6, 6.07) is 4.95. The highest BCUT2D eigenvalue weighted by Crippen LogP contribution is 2.19. The molecule has 2 rings (SSSR count). The minimum absolute atomic E-state index is 0.0776. The molecule has 5 nitrogen and oxygen atoms in total. The molecule has 1 heterocycles. The topological polar surface area (TPSA) is 64.0 Å². The number of benzene rings is 1. The van der Waals surface area contributed by atoms with Crippen molar-refractivity contribution in [3.05, 3.63) is 24.0 Å². The number of nitrogens with zero attached hydrogens (tertiary/aromatic N) is 2. The van der Waals surface area contributed by atoms with Gasteiger partial charge < -0.3 is 4.57 Å². The van der Waals surface area contributed by atoms with Gasteiger partial charge in [-0.05, 0) is 38.5 Å². The summed E-state index contributed by atoms with van der Waals surface area (Å²) in [4.78, 5) is 4.62. The molecule has 1 aromatic carbocycles. The van der Waals surface area contributed by atoms with Crippen LogP contribution >= 0.6 is 0 Å². The lowest BCUT2D eigenvalue weighted by atomic mass is 10.3. The molecule has 104 valence electrons. The standard InChI is InChI=1S/C13H19N3O2S/c1-5-9(2)15-19(17,18)11-6-7-13-12(8-11)14-10(3)16(13)4/h6-9,15H,5H2,1-4H3. The first kappa shape index (κ1) is 14.0. The summed E-state index contributed by atoms with van der Waals surface area (Å²) in [6.07, 6.45) is 0.754. The van der Waals surface area contributed by atoms with E-state index in [2.05, 4.69) is 9.71 Å². The van der Waals surface area contributed by atoms with Gasteiger partial charge >= 0.3 is 0 Å². The second kappa shape index (κ2) is 4.94. The molecule has 0 saturated heterocycles. The molecule has 0 saturated carbocycles. The first-order chi connectivity index (χ1) is 8.85. The van der Waals surface area contributed by atoms with Gasteiger partial charge in [-0.25, -0.2) is 18.1 Å². The van der Waals surface area contributed by atoms with Crippen molar-refractivity contribution in [2.75, 3.05) is 0 Å². The van der Waals surface area contributed by atoms with E-state index in [1.165, 1.54) is 0 Å². The maximum absolute atomic E-state index is 12.2. The Morgan fingerprint density at radius 1 is 1.42 bits per heavy atom. The molecule has 0 fully saturated rings. The number of hydrogen-bond donors (Lipinski definition) is 1. The first-order valence-electron chi connectivity index (χ1n) is 6.30. The summed E-state index contributed by atoms with van der Waals surface area (Å²) in [5, 5.41) is 0. The molecular formula is C13H19N3O2S. The van der Waals surface area contributed by atoms with Gasteiger partial charge in [0.1, 0.15) is 5.82 Å². The van der Waals surface area contributed by atoms with E-state index in [0.717, 1.165) is 17.8 Å². The van der Waals surface area contributed by atoms with Crippen LogP contribution in [-0.2, 0) is 17.1 Å². The van der Waals surface area contributed by atoms with E-state index in [9.17, 15) is 8.42 Å². The summed E-state index contributed by atoms with van der Waals surface area (Å²) < 4.78 is 29.0. The van der Waals surface area contributed by atoms with Gasteiger partial charge in [-0.3, -0.25) is 0 Å². The van der Waals surface area contributed by atoms with Crippen molar-refractivity contribution >= 4 is 21.1 Å². The van der Waals surface area contributed by atoms with Crippen molar-refractivity contribution in [2.24, 2.45) is 7.05 Å². The highest BCUT2D eigenvalue weighted by Gasteiger charge is 2.17. The van der Waals surface area contributed by atoms with Crippen molar-refractivity contribution in [3.8, 4) is 0 Å². The zero-order valence-corrected chi connectivity index (χ0v) is 12.5. The lowest BCUT2D eigenvalue weighted by molar-refractivity contribution is 0.556. The Morgan fingerprint density at radius 3 is 2.74 bits per heavy atom. The number of rotatable bonds is 4. The molecule has 1 N–H and O–H groups in total. The van der Waals surface area contributed by atoms with Crippen LogP contribution in [0.1, 0.15) is 26.1 Å². The van der Waals surface area contributed by atoms with Gasteiger partial charge in [-0.2, -0.15) is 0 Å². The van der Waals surface area contributed by atoms with E-state index in [1.54, 1.807) is 18.2 Å². The maximum Gasteiger partial charge on any atom is 0.240 e. The third-order valence-electron chi connectivity index (χ3n) is 3.35. The lowest BCUT2D eigenvalue weighted by Crippen LogP contribution is -2.31. The van der Waals surface area contributed by atoms with Crippen LogP contribution < -0.4 is 4.72 Å². The third-order valence-corrected chi connectivity index (χ3v) is 4.94. The fourth-order valence-corrected chi connectivity index (χ4v) is 3.23. The quantitative estimate of drug-likeness (QED) is 0.931. The van der Waals surface area contributed by atoms with E-state index >= 15 is 0 Å². The normalized spacial score (nSPS) is 13.9. The molecule has 0 aliphatic rings. The number of hydrogen-bond acceptors (Lipinski definition) is 3. The molecule has 0 bridgehead atoms. The second-order valence-corrected chi connectivity index (χ2v) is 6.51. The summed E-state index contributed by atoms with van der Waals surface area (Å²) in [7, 11) is -1.55. The number of sulfonamides is 1. The minimum Gasteiger partial charge on any atom is -0.331 e. The van der Waals surface area contributed by atoms with Gasteiger partial charge in [-0.15, -0.1) is 0 Å². The molecule has 0 radical (unpaired) electrons. The van der Waals surface area contributed by atoms with Crippen LogP contribution in [0.15, 0.2) is 23.1 Å². The smallest absolute Gasteiger partial charge is 0.240 e. The molecular weight excluding hydrogens is 262 g/mol. The largest absolute Gasteiger partial charge is 0.331 e. The zero-order chi connectivity index (χ0) is 14.2. The van der Waals surface area contributed by atoms with Gasteiger partial charge in [0, 0.05) is 13.1 Å². The fraction of sp³-hybridized carbons (Fsp3) is 0.462. The highest BCUT2D eigenvalue weighted by molar-refractivity contribution is 7.89. The molecule has 0 amide bonds. The molecule has 0 aliphatic heterocycles. The van der Waals surface area contributed by atoms with Crippen LogP contribution in [-0.4, -0.2) is 24.0 Å². The predicted molar refractivity (Wildman–Crippen MR) is 75.5 cm³/mol. The Kier molecular flexibility index (Phi) is 3.64. The fourth-order valence-electron chi connectivity index (χ4n) is 1.88. The Labute approximate surface area is 113 Å². The molecule has 2 aromatic rings. The van der Waals surface area contributed by atoms with E-state index in [4.69, 9.17) is 0 Å². The van der Waals surface area contributed by atoms with E-state index in [-0.39, 0.29) is 10.9 Å². The summed E-state index contributed by atoms with van der Waals surface area (Å²) >= 11 is 0. The summed E-state index contributed by atoms with van der Waals surface area (Å²) in [5.74, 6) is 0.861. The SMILES string of the molecule is CCC(C)NS(=O)(=O)c1ccc2c(c1)nc(C)n2C. The Bertz CT molecular complexity index is 704. The van der Waals surface area contributed by atoms with Crippen LogP contribution in [0.3, 0.4) is 0 Å². The number of aryl methyl sites for hydroxylation is 2. The molecule has 1 aromatic heterocycles. The van der Waals surface area contributed by atoms with Crippen molar-refractivity contribution in [1.29, 1.82) is 0 Å². The zero-order valence-electron chi connectivity index (χ0n) is 11.6. The Hall–Kier alpha value is -1.40. The Balaban J connectivity index is 2.46. The average Bonchev–Trinajstić information content (AvgIpc) is 2.64. The van der Waals surface area contributed by atoms with Crippen LogP contribution in [0.5, 0.6) is 0 Å². The average molecular weight is 281 g/mol. The van der Waals surface area contributed by atoms with Gasteiger partial charge in [0.25, 0.3) is 0 Å². The number of fused-ring (bicyclic) bond motifs is 1. The summed E-state index contributed by atoms with van der Waals surface area (Å²) in [5.41, 5.74) is 1.63. The van der Waals surface area contributed by atoms with Gasteiger partial charge in [0.2, 0.25) is 10.0 Å². The second-order valence-electron chi connectivity index (χ2n) is 4.80. The van der Waals surface area contributed by atoms with Crippen LogP contribution in [0.4, 0.5) is 0 Å². The van der Waals surface area contributed by atoms with Crippen LogP contribution in [0.2, 0.25) is 0 Å². The minimum atomic E-state index is -3.47. The highest BCUT2D eigenvalue weighted by atomic mass is 32.2. The first-order valence-corrected chi connectivity index (χ1v) is 7.79. The molecule has 1 atom stereocenters. The van der Waals surface area contributed by atoms with Crippen LogP contribution in [0.25, 0.3) is 11.0 Å².